The van der Waals surface area contributed by atoms with Gasteiger partial charge in [0.1, 0.15) is 18.0 Å². The largest absolute Gasteiger partial charge is 0.462 e. The molecule has 2 fully saturated rings. The number of hydrogen-bond donors (Lipinski definition) is 0. The molecule has 1 aromatic rings. The Labute approximate surface area is 165 Å². The Bertz CT molecular complexity index is 805. The molecule has 0 atom stereocenters. The van der Waals surface area contributed by atoms with Gasteiger partial charge in [-0.25, -0.2) is 4.39 Å². The highest BCUT2D eigenvalue weighted by Crippen LogP contribution is 2.37. The molecule has 0 saturated heterocycles. The van der Waals surface area contributed by atoms with E-state index in [1.54, 1.807) is 0 Å². The molecule has 3 rings (SSSR count). The van der Waals surface area contributed by atoms with Gasteiger partial charge in [0.15, 0.2) is 0 Å². The molecule has 0 spiro atoms. The number of hydrogen-bond acceptors (Lipinski definition) is 4. The van der Waals surface area contributed by atoms with Gasteiger partial charge in [-0.05, 0) is 80.9 Å². The van der Waals surface area contributed by atoms with E-state index in [0.29, 0.717) is 5.92 Å². The highest BCUT2D eigenvalue weighted by Gasteiger charge is 2.31. The van der Waals surface area contributed by atoms with E-state index < -0.39 is 5.82 Å². The van der Waals surface area contributed by atoms with Crippen molar-refractivity contribution in [2.24, 2.45) is 11.8 Å². The predicted molar refractivity (Wildman–Crippen MR) is 102 cm³/mol. The molecule has 0 aromatic heterocycles. The second-order valence-corrected chi connectivity index (χ2v) is 7.86. The summed E-state index contributed by atoms with van der Waals surface area (Å²) in [5, 5.41) is 17.4. The van der Waals surface area contributed by atoms with Gasteiger partial charge in [0, 0.05) is 6.08 Å². The zero-order valence-electron chi connectivity index (χ0n) is 15.9. The SMILES string of the molecule is N#CC=C[C@H]1CC[C@H](OC(=O)[C@H]2CC[C@H](c3ccc(C#N)c(F)c3)CC2)CC1. The van der Waals surface area contributed by atoms with Gasteiger partial charge in [0.2, 0.25) is 0 Å². The molecule has 5 heteroatoms. The highest BCUT2D eigenvalue weighted by molar-refractivity contribution is 5.72. The fourth-order valence-corrected chi connectivity index (χ4v) is 4.38. The molecule has 2 aliphatic carbocycles. The Morgan fingerprint density at radius 3 is 2.39 bits per heavy atom. The Morgan fingerprint density at radius 1 is 1.07 bits per heavy atom. The van der Waals surface area contributed by atoms with Crippen molar-refractivity contribution in [3.63, 3.8) is 0 Å². The van der Waals surface area contributed by atoms with Crippen molar-refractivity contribution < 1.29 is 13.9 Å². The third kappa shape index (κ3) is 4.98. The lowest BCUT2D eigenvalue weighted by Crippen LogP contribution is -2.29. The summed E-state index contributed by atoms with van der Waals surface area (Å²) in [7, 11) is 0. The van der Waals surface area contributed by atoms with Gasteiger partial charge in [0.25, 0.3) is 0 Å². The lowest BCUT2D eigenvalue weighted by Gasteiger charge is -2.31. The summed E-state index contributed by atoms with van der Waals surface area (Å²) in [6, 6.07) is 8.69. The van der Waals surface area contributed by atoms with Crippen molar-refractivity contribution in [1.29, 1.82) is 10.5 Å². The number of nitriles is 2. The van der Waals surface area contributed by atoms with Crippen LogP contribution in [0.15, 0.2) is 30.4 Å². The maximum atomic E-state index is 13.9. The molecular weight excluding hydrogens is 355 g/mol. The van der Waals surface area contributed by atoms with Crippen LogP contribution in [0, 0.1) is 40.3 Å². The monoisotopic (exact) mass is 380 g/mol. The van der Waals surface area contributed by atoms with Gasteiger partial charge in [-0.2, -0.15) is 10.5 Å². The third-order valence-electron chi connectivity index (χ3n) is 6.09. The Balaban J connectivity index is 1.45. The molecule has 0 amide bonds. The van der Waals surface area contributed by atoms with Crippen molar-refractivity contribution in [3.05, 3.63) is 47.3 Å². The van der Waals surface area contributed by atoms with Crippen molar-refractivity contribution in [2.75, 3.05) is 0 Å². The van der Waals surface area contributed by atoms with Gasteiger partial charge in [-0.3, -0.25) is 4.79 Å². The molecule has 1 aromatic carbocycles. The fourth-order valence-electron chi connectivity index (χ4n) is 4.38. The fraction of sp³-hybridized carbons (Fsp3) is 0.522. The summed E-state index contributed by atoms with van der Waals surface area (Å²) >= 11 is 0. The minimum absolute atomic E-state index is 0.00965. The molecular formula is C23H25FN2O2. The van der Waals surface area contributed by atoms with Crippen molar-refractivity contribution in [1.82, 2.24) is 0 Å². The number of ether oxygens (including phenoxy) is 1. The second kappa shape index (κ2) is 9.51. The molecule has 0 bridgehead atoms. The molecule has 0 unspecified atom stereocenters. The average molecular weight is 380 g/mol. The predicted octanol–water partition coefficient (Wildman–Crippen LogP) is 5.15. The Morgan fingerprint density at radius 2 is 1.79 bits per heavy atom. The third-order valence-corrected chi connectivity index (χ3v) is 6.09. The smallest absolute Gasteiger partial charge is 0.309 e. The topological polar surface area (TPSA) is 73.9 Å². The number of carbonyl (C=O) groups is 1. The molecule has 0 aliphatic heterocycles. The maximum absolute atomic E-state index is 13.9. The number of halogens is 1. The Kier molecular flexibility index (Phi) is 6.82. The minimum Gasteiger partial charge on any atom is -0.462 e. The van der Waals surface area contributed by atoms with Gasteiger partial charge in [0.05, 0.1) is 17.6 Å². The number of nitrogens with zero attached hydrogens (tertiary/aromatic N) is 2. The van der Waals surface area contributed by atoms with Crippen LogP contribution < -0.4 is 0 Å². The van der Waals surface area contributed by atoms with E-state index in [1.165, 1.54) is 18.2 Å². The zero-order valence-corrected chi connectivity index (χ0v) is 15.9. The molecule has 0 N–H and O–H groups in total. The van der Waals surface area contributed by atoms with E-state index in [1.807, 2.05) is 24.3 Å². The first kappa shape index (κ1) is 20.1. The summed E-state index contributed by atoms with van der Waals surface area (Å²) in [5.41, 5.74) is 0.978. The van der Waals surface area contributed by atoms with Crippen LogP contribution in [0.4, 0.5) is 4.39 Å². The number of benzene rings is 1. The van der Waals surface area contributed by atoms with E-state index in [4.69, 9.17) is 15.3 Å². The van der Waals surface area contributed by atoms with Gasteiger partial charge < -0.3 is 4.74 Å². The standard InChI is InChI=1S/C23H25FN2O2/c24-22-14-19(9-10-20(22)15-26)17-5-7-18(8-6-17)23(27)28-21-11-3-16(4-12-21)2-1-13-25/h1-2,9-10,14,16-18,21H,3-8,11-12H2/t16-,17-,18-,21-. The van der Waals surface area contributed by atoms with E-state index >= 15 is 0 Å². The summed E-state index contributed by atoms with van der Waals surface area (Å²) in [5.74, 6) is 0.00410. The van der Waals surface area contributed by atoms with Crippen LogP contribution in [0.25, 0.3) is 0 Å². The quantitative estimate of drug-likeness (QED) is 0.535. The van der Waals surface area contributed by atoms with Crippen LogP contribution in [0.1, 0.15) is 68.4 Å². The van der Waals surface area contributed by atoms with Crippen molar-refractivity contribution >= 4 is 5.97 Å². The molecule has 0 heterocycles. The van der Waals surface area contributed by atoms with Crippen molar-refractivity contribution in [3.8, 4) is 12.1 Å². The number of carbonyl (C=O) groups excluding carboxylic acids is 1. The first-order valence-corrected chi connectivity index (χ1v) is 10.1. The lowest BCUT2D eigenvalue weighted by atomic mass is 9.78. The second-order valence-electron chi connectivity index (χ2n) is 7.86. The molecule has 4 nitrogen and oxygen atoms in total. The molecule has 2 aliphatic rings. The molecule has 146 valence electrons. The lowest BCUT2D eigenvalue weighted by molar-refractivity contribution is -0.157. The van der Waals surface area contributed by atoms with Crippen LogP contribution in [-0.4, -0.2) is 12.1 Å². The van der Waals surface area contributed by atoms with Gasteiger partial charge in [-0.1, -0.05) is 12.1 Å². The van der Waals surface area contributed by atoms with Crippen LogP contribution in [-0.2, 0) is 9.53 Å². The molecule has 28 heavy (non-hydrogen) atoms. The number of rotatable bonds is 4. The normalized spacial score (nSPS) is 27.7. The van der Waals surface area contributed by atoms with Gasteiger partial charge >= 0.3 is 5.97 Å². The van der Waals surface area contributed by atoms with Crippen LogP contribution in [0.5, 0.6) is 0 Å². The summed E-state index contributed by atoms with van der Waals surface area (Å²) in [4.78, 5) is 12.5. The van der Waals surface area contributed by atoms with Crippen LogP contribution in [0.2, 0.25) is 0 Å². The maximum Gasteiger partial charge on any atom is 0.309 e. The zero-order chi connectivity index (χ0) is 19.9. The van der Waals surface area contributed by atoms with E-state index in [9.17, 15) is 9.18 Å². The van der Waals surface area contributed by atoms with Crippen molar-refractivity contribution in [2.45, 2.75) is 63.4 Å². The summed E-state index contributed by atoms with van der Waals surface area (Å²) < 4.78 is 19.6. The average Bonchev–Trinajstić information content (AvgIpc) is 2.73. The Hall–Kier alpha value is -2.66. The van der Waals surface area contributed by atoms with Crippen LogP contribution >= 0.6 is 0 Å². The van der Waals surface area contributed by atoms with Gasteiger partial charge in [-0.15, -0.1) is 0 Å². The van der Waals surface area contributed by atoms with E-state index in [2.05, 4.69) is 0 Å². The highest BCUT2D eigenvalue weighted by atomic mass is 19.1. The summed E-state index contributed by atoms with van der Waals surface area (Å²) in [6.07, 6.45) is 10.3. The number of allylic oxidation sites excluding steroid dienone is 2. The minimum atomic E-state index is -0.471. The molecule has 0 radical (unpaired) electrons. The summed E-state index contributed by atoms with van der Waals surface area (Å²) in [6.45, 7) is 0. The van der Waals surface area contributed by atoms with Crippen LogP contribution in [0.3, 0.4) is 0 Å². The molecule has 2 saturated carbocycles. The number of esters is 1. The van der Waals surface area contributed by atoms with E-state index in [0.717, 1.165) is 56.9 Å². The first-order valence-electron chi connectivity index (χ1n) is 10.1. The van der Waals surface area contributed by atoms with E-state index in [-0.39, 0.29) is 29.5 Å². The first-order chi connectivity index (χ1) is 13.6.